The Bertz CT molecular complexity index is 664. The van der Waals surface area contributed by atoms with Crippen molar-refractivity contribution in [2.75, 3.05) is 0 Å². The molecule has 0 fully saturated rings. The Labute approximate surface area is 125 Å². The molecule has 0 aliphatic carbocycles. The maximum Gasteiger partial charge on any atom is 0.269 e. The van der Waals surface area contributed by atoms with Crippen LogP contribution in [0.5, 0.6) is 5.75 Å². The average molecular weight is 307 g/mol. The predicted octanol–water partition coefficient (Wildman–Crippen LogP) is 2.30. The number of nitrogens with zero attached hydrogens (tertiary/aromatic N) is 1. The summed E-state index contributed by atoms with van der Waals surface area (Å²) in [6.07, 6.45) is 0. The Morgan fingerprint density at radius 3 is 2.32 bits per heavy atom. The van der Waals surface area contributed by atoms with Crippen LogP contribution < -0.4 is 4.74 Å². The number of nitro groups is 1. The zero-order chi connectivity index (χ0) is 16.1. The maximum atomic E-state index is 13.3. The molecule has 2 N–H and O–H groups in total. The summed E-state index contributed by atoms with van der Waals surface area (Å²) < 4.78 is 18.9. The van der Waals surface area contributed by atoms with Gasteiger partial charge in [-0.25, -0.2) is 4.39 Å². The molecule has 0 bridgehead atoms. The van der Waals surface area contributed by atoms with E-state index in [1.807, 2.05) is 0 Å². The van der Waals surface area contributed by atoms with E-state index in [4.69, 9.17) is 4.74 Å². The first-order chi connectivity index (χ1) is 10.5. The fourth-order valence-corrected chi connectivity index (χ4v) is 2.05. The van der Waals surface area contributed by atoms with Gasteiger partial charge < -0.3 is 14.9 Å². The number of aliphatic hydroxyl groups is 2. The van der Waals surface area contributed by atoms with Gasteiger partial charge in [0.1, 0.15) is 18.2 Å². The number of halogens is 1. The van der Waals surface area contributed by atoms with Gasteiger partial charge in [-0.3, -0.25) is 10.1 Å². The van der Waals surface area contributed by atoms with Crippen LogP contribution in [0.4, 0.5) is 10.1 Å². The number of ether oxygens (including phenoxy) is 1. The molecule has 22 heavy (non-hydrogen) atoms. The molecule has 0 spiro atoms. The number of hydrogen-bond acceptors (Lipinski definition) is 5. The van der Waals surface area contributed by atoms with Crippen molar-refractivity contribution in [1.82, 2.24) is 0 Å². The standard InChI is InChI=1S/C15H14FNO5/c16-13-5-11(7-18)15(12(6-13)8-19)22-9-10-2-1-3-14(4-10)17(20)21/h1-6,18-19H,7-9H2. The lowest BCUT2D eigenvalue weighted by atomic mass is 10.1. The van der Waals surface area contributed by atoms with E-state index in [9.17, 15) is 24.7 Å². The van der Waals surface area contributed by atoms with E-state index < -0.39 is 24.0 Å². The van der Waals surface area contributed by atoms with Gasteiger partial charge in [-0.15, -0.1) is 0 Å². The molecule has 0 aliphatic heterocycles. The maximum absolute atomic E-state index is 13.3. The van der Waals surface area contributed by atoms with E-state index in [-0.39, 0.29) is 29.2 Å². The molecule has 0 atom stereocenters. The van der Waals surface area contributed by atoms with Crippen molar-refractivity contribution in [3.05, 3.63) is 69.0 Å². The van der Waals surface area contributed by atoms with Crippen LogP contribution in [-0.2, 0) is 19.8 Å². The first kappa shape index (κ1) is 15.9. The molecule has 0 amide bonds. The first-order valence-electron chi connectivity index (χ1n) is 6.44. The minimum atomic E-state index is -0.587. The Balaban J connectivity index is 2.24. The second kappa shape index (κ2) is 6.97. The molecule has 0 radical (unpaired) electrons. The predicted molar refractivity (Wildman–Crippen MR) is 75.7 cm³/mol. The van der Waals surface area contributed by atoms with Gasteiger partial charge in [-0.1, -0.05) is 12.1 Å². The van der Waals surface area contributed by atoms with Gasteiger partial charge in [0.15, 0.2) is 0 Å². The molecule has 0 unspecified atom stereocenters. The van der Waals surface area contributed by atoms with Crippen molar-refractivity contribution in [3.63, 3.8) is 0 Å². The van der Waals surface area contributed by atoms with Gasteiger partial charge in [0, 0.05) is 23.3 Å². The Hall–Kier alpha value is -2.51. The fraction of sp³-hybridized carbons (Fsp3) is 0.200. The molecular formula is C15H14FNO5. The highest BCUT2D eigenvalue weighted by molar-refractivity contribution is 5.42. The van der Waals surface area contributed by atoms with E-state index >= 15 is 0 Å². The zero-order valence-corrected chi connectivity index (χ0v) is 11.5. The van der Waals surface area contributed by atoms with Gasteiger partial charge in [-0.2, -0.15) is 0 Å². The molecule has 116 valence electrons. The van der Waals surface area contributed by atoms with Crippen LogP contribution in [0.15, 0.2) is 36.4 Å². The lowest BCUT2D eigenvalue weighted by molar-refractivity contribution is -0.384. The van der Waals surface area contributed by atoms with Gasteiger partial charge in [0.05, 0.1) is 18.1 Å². The lowest BCUT2D eigenvalue weighted by Crippen LogP contribution is -2.04. The third kappa shape index (κ3) is 3.57. The van der Waals surface area contributed by atoms with Crippen molar-refractivity contribution >= 4 is 5.69 Å². The minimum Gasteiger partial charge on any atom is -0.488 e. The van der Waals surface area contributed by atoms with Gasteiger partial charge in [-0.05, 0) is 17.7 Å². The zero-order valence-electron chi connectivity index (χ0n) is 11.5. The van der Waals surface area contributed by atoms with Crippen LogP contribution in [0, 0.1) is 15.9 Å². The fourth-order valence-electron chi connectivity index (χ4n) is 2.05. The SMILES string of the molecule is O=[N+]([O-])c1cccc(COc2c(CO)cc(F)cc2CO)c1. The topological polar surface area (TPSA) is 92.8 Å². The molecular weight excluding hydrogens is 293 g/mol. The van der Waals surface area contributed by atoms with Gasteiger partial charge >= 0.3 is 0 Å². The third-order valence-corrected chi connectivity index (χ3v) is 3.05. The average Bonchev–Trinajstić information content (AvgIpc) is 2.52. The van der Waals surface area contributed by atoms with Crippen molar-refractivity contribution in [2.45, 2.75) is 19.8 Å². The van der Waals surface area contributed by atoms with Crippen LogP contribution in [0.25, 0.3) is 0 Å². The molecule has 0 heterocycles. The minimum absolute atomic E-state index is 0.00663. The van der Waals surface area contributed by atoms with Crippen molar-refractivity contribution < 1.29 is 24.3 Å². The molecule has 2 rings (SSSR count). The van der Waals surface area contributed by atoms with Crippen LogP contribution in [0.1, 0.15) is 16.7 Å². The van der Waals surface area contributed by atoms with Crippen LogP contribution >= 0.6 is 0 Å². The Morgan fingerprint density at radius 2 is 1.77 bits per heavy atom. The van der Waals surface area contributed by atoms with Crippen LogP contribution in [0.2, 0.25) is 0 Å². The monoisotopic (exact) mass is 307 g/mol. The summed E-state index contributed by atoms with van der Waals surface area (Å²) in [5.74, 6) is -0.409. The highest BCUT2D eigenvalue weighted by Crippen LogP contribution is 2.27. The summed E-state index contributed by atoms with van der Waals surface area (Å²) in [6, 6.07) is 8.12. The van der Waals surface area contributed by atoms with E-state index in [0.29, 0.717) is 5.56 Å². The smallest absolute Gasteiger partial charge is 0.269 e. The molecule has 2 aromatic rings. The van der Waals surface area contributed by atoms with Gasteiger partial charge in [0.25, 0.3) is 5.69 Å². The summed E-state index contributed by atoms with van der Waals surface area (Å²) in [5.41, 5.74) is 0.889. The van der Waals surface area contributed by atoms with E-state index in [0.717, 1.165) is 12.1 Å². The Morgan fingerprint density at radius 1 is 1.14 bits per heavy atom. The largest absolute Gasteiger partial charge is 0.488 e. The molecule has 6 nitrogen and oxygen atoms in total. The van der Waals surface area contributed by atoms with Crippen LogP contribution in [0.3, 0.4) is 0 Å². The number of benzene rings is 2. The molecule has 0 aliphatic rings. The van der Waals surface area contributed by atoms with E-state index in [1.54, 1.807) is 6.07 Å². The second-order valence-electron chi connectivity index (χ2n) is 4.59. The summed E-state index contributed by atoms with van der Waals surface area (Å²) in [4.78, 5) is 10.2. The summed E-state index contributed by atoms with van der Waals surface area (Å²) in [5, 5.41) is 29.2. The van der Waals surface area contributed by atoms with Crippen molar-refractivity contribution in [1.29, 1.82) is 0 Å². The highest BCUT2D eigenvalue weighted by Gasteiger charge is 2.13. The van der Waals surface area contributed by atoms with Crippen LogP contribution in [-0.4, -0.2) is 15.1 Å². The third-order valence-electron chi connectivity index (χ3n) is 3.05. The number of aliphatic hydroxyl groups excluding tert-OH is 2. The first-order valence-corrected chi connectivity index (χ1v) is 6.44. The normalized spacial score (nSPS) is 10.5. The number of non-ortho nitro benzene ring substituents is 1. The van der Waals surface area contributed by atoms with Gasteiger partial charge in [0.2, 0.25) is 0 Å². The second-order valence-corrected chi connectivity index (χ2v) is 4.59. The van der Waals surface area contributed by atoms with Crippen molar-refractivity contribution in [2.24, 2.45) is 0 Å². The van der Waals surface area contributed by atoms with E-state index in [1.165, 1.54) is 18.2 Å². The highest BCUT2D eigenvalue weighted by atomic mass is 19.1. The Kier molecular flexibility index (Phi) is 5.03. The quantitative estimate of drug-likeness (QED) is 0.631. The molecule has 0 saturated carbocycles. The summed E-state index contributed by atoms with van der Waals surface area (Å²) in [7, 11) is 0. The number of hydrogen-bond donors (Lipinski definition) is 2. The number of rotatable bonds is 6. The summed E-state index contributed by atoms with van der Waals surface area (Å²) >= 11 is 0. The van der Waals surface area contributed by atoms with E-state index in [2.05, 4.69) is 0 Å². The molecule has 7 heteroatoms. The number of nitro benzene ring substituents is 1. The summed E-state index contributed by atoms with van der Waals surface area (Å²) in [6.45, 7) is -0.905. The molecule has 0 saturated heterocycles. The lowest BCUT2D eigenvalue weighted by Gasteiger charge is -2.14. The molecule has 2 aromatic carbocycles. The molecule has 0 aromatic heterocycles. The van der Waals surface area contributed by atoms with Crippen molar-refractivity contribution in [3.8, 4) is 5.75 Å².